The summed E-state index contributed by atoms with van der Waals surface area (Å²) in [5.74, 6) is 1.57. The molecule has 4 aromatic carbocycles. The van der Waals surface area contributed by atoms with Crippen molar-refractivity contribution in [2.75, 3.05) is 11.1 Å². The first-order chi connectivity index (χ1) is 27.8. The second kappa shape index (κ2) is 19.9. The van der Waals surface area contributed by atoms with Crippen molar-refractivity contribution < 1.29 is 28.2 Å². The van der Waals surface area contributed by atoms with E-state index in [1.165, 1.54) is 11.8 Å². The van der Waals surface area contributed by atoms with Gasteiger partial charge >= 0.3 is 6.18 Å². The van der Waals surface area contributed by atoms with E-state index >= 15 is 0 Å². The summed E-state index contributed by atoms with van der Waals surface area (Å²) < 4.78 is 35.8. The van der Waals surface area contributed by atoms with Gasteiger partial charge < -0.3 is 21.3 Å². The van der Waals surface area contributed by atoms with Crippen LogP contribution in [0.25, 0.3) is 21.8 Å². The lowest BCUT2D eigenvalue weighted by Gasteiger charge is -2.22. The van der Waals surface area contributed by atoms with Crippen molar-refractivity contribution in [2.24, 2.45) is 0 Å². The van der Waals surface area contributed by atoms with Gasteiger partial charge in [-0.3, -0.25) is 14.8 Å². The molecule has 58 heavy (non-hydrogen) atoms. The minimum absolute atomic E-state index is 0.167. The third-order valence-electron chi connectivity index (χ3n) is 8.26. The molecule has 0 saturated carbocycles. The number of hydrogen-bond donors (Lipinski definition) is 4. The van der Waals surface area contributed by atoms with Crippen molar-refractivity contribution in [3.8, 4) is 11.5 Å². The number of aromatic nitrogens is 4. The highest BCUT2D eigenvalue weighted by atomic mass is 35.5. The summed E-state index contributed by atoms with van der Waals surface area (Å²) in [4.78, 5) is 26.5. The third-order valence-corrected chi connectivity index (χ3v) is 8.70. The number of pyridine rings is 4. The molecule has 0 spiro atoms. The first-order valence-corrected chi connectivity index (χ1v) is 18.1. The van der Waals surface area contributed by atoms with Crippen LogP contribution < -0.4 is 11.1 Å². The maximum Gasteiger partial charge on any atom is 0.416 e. The summed E-state index contributed by atoms with van der Waals surface area (Å²) in [6, 6.07) is 35.7. The summed E-state index contributed by atoms with van der Waals surface area (Å²) in [5.41, 5.74) is 8.92. The fraction of sp³-hybridized carbons (Fsp3) is 0.0682. The molecule has 14 heteroatoms. The molecule has 1 atom stereocenters. The molecule has 0 bridgehead atoms. The van der Waals surface area contributed by atoms with Crippen LogP contribution in [-0.2, 0) is 6.18 Å². The average Bonchev–Trinajstić information content (AvgIpc) is 3.23. The van der Waals surface area contributed by atoms with E-state index in [2.05, 4.69) is 37.4 Å². The van der Waals surface area contributed by atoms with Gasteiger partial charge in [-0.25, -0.2) is 9.97 Å². The number of para-hydroxylation sites is 1. The van der Waals surface area contributed by atoms with Crippen molar-refractivity contribution in [1.82, 2.24) is 19.9 Å². The minimum atomic E-state index is -4.33. The number of carbonyl (C=O) groups is 1. The summed E-state index contributed by atoms with van der Waals surface area (Å²) in [6.07, 6.45) is 2.62. The standard InChI is InChI=1S/C22H18ClN3O.C9H7NO.C8H5F3O.C5H5ClN2/c1-14-4-6-16(7-5-14)20(26-19-11-9-17(23)13-25-19)18-10-8-15-3-2-12-24-21(15)22(18)27;11-8-5-1-3-7-4-2-6-10-9(7)8;9-8(10,11)7-3-1-6(5-12)2-4-7;6-4-1-2-5(7)8-3-4/h2-13,20,27H,1H3,(H,25,26);1-6,11H;1-5H;1-3H,(H2,7,8). The van der Waals surface area contributed by atoms with Gasteiger partial charge in [-0.1, -0.05) is 102 Å². The van der Waals surface area contributed by atoms with Crippen molar-refractivity contribution in [3.05, 3.63) is 190 Å². The lowest BCUT2D eigenvalue weighted by molar-refractivity contribution is -0.137. The highest BCUT2D eigenvalue weighted by Gasteiger charge is 2.29. The highest BCUT2D eigenvalue weighted by molar-refractivity contribution is 6.30. The van der Waals surface area contributed by atoms with Gasteiger partial charge in [0.15, 0.2) is 0 Å². The molecule has 4 aromatic heterocycles. The van der Waals surface area contributed by atoms with Gasteiger partial charge in [-0.2, -0.15) is 13.2 Å². The maximum absolute atomic E-state index is 11.9. The van der Waals surface area contributed by atoms with Crippen LogP contribution in [-0.4, -0.2) is 36.4 Å². The van der Waals surface area contributed by atoms with Gasteiger partial charge in [0.2, 0.25) is 0 Å². The van der Waals surface area contributed by atoms with E-state index in [0.717, 1.165) is 46.2 Å². The average molecular weight is 824 g/mol. The van der Waals surface area contributed by atoms with Crippen LogP contribution in [0, 0.1) is 6.92 Å². The second-order valence-electron chi connectivity index (χ2n) is 12.4. The monoisotopic (exact) mass is 822 g/mol. The fourth-order valence-corrected chi connectivity index (χ4v) is 5.54. The molecule has 4 heterocycles. The summed E-state index contributed by atoms with van der Waals surface area (Å²) >= 11 is 11.4. The number of nitrogens with one attached hydrogen (secondary N) is 1. The molecule has 9 nitrogen and oxygen atoms in total. The molecule has 0 saturated heterocycles. The van der Waals surface area contributed by atoms with Crippen LogP contribution in [0.1, 0.15) is 38.7 Å². The molecule has 8 rings (SSSR count). The van der Waals surface area contributed by atoms with Gasteiger partial charge in [0.25, 0.3) is 0 Å². The quantitative estimate of drug-likeness (QED) is 0.125. The lowest BCUT2D eigenvalue weighted by atomic mass is 9.95. The van der Waals surface area contributed by atoms with E-state index in [0.29, 0.717) is 39.0 Å². The summed E-state index contributed by atoms with van der Waals surface area (Å²) in [6.45, 7) is 2.05. The van der Waals surface area contributed by atoms with E-state index in [-0.39, 0.29) is 23.1 Å². The number of fused-ring (bicyclic) bond motifs is 2. The summed E-state index contributed by atoms with van der Waals surface area (Å²) in [7, 11) is 0. The number of phenols is 2. The molecule has 0 aliphatic rings. The molecule has 0 aliphatic carbocycles. The molecule has 0 aliphatic heterocycles. The van der Waals surface area contributed by atoms with Crippen LogP contribution in [0.3, 0.4) is 0 Å². The van der Waals surface area contributed by atoms with Gasteiger partial charge in [0.05, 0.1) is 21.7 Å². The lowest BCUT2D eigenvalue weighted by Crippen LogP contribution is -2.13. The van der Waals surface area contributed by atoms with E-state index in [1.54, 1.807) is 48.9 Å². The van der Waals surface area contributed by atoms with Gasteiger partial charge in [0.1, 0.15) is 40.5 Å². The number of aryl methyl sites for hydroxylation is 1. The summed E-state index contributed by atoms with van der Waals surface area (Å²) in [5, 5.41) is 26.7. The molecule has 8 aromatic rings. The topological polar surface area (TPSA) is 147 Å². The number of hydrogen-bond acceptors (Lipinski definition) is 9. The molecule has 0 radical (unpaired) electrons. The van der Waals surface area contributed by atoms with Crippen molar-refractivity contribution in [3.63, 3.8) is 0 Å². The van der Waals surface area contributed by atoms with Gasteiger partial charge in [-0.15, -0.1) is 0 Å². The molecular formula is C44H35Cl2F3N6O3. The number of aromatic hydroxyl groups is 2. The number of nitrogens with two attached hydrogens (primary N) is 1. The van der Waals surface area contributed by atoms with Gasteiger partial charge in [0, 0.05) is 46.7 Å². The molecule has 294 valence electrons. The number of anilines is 2. The Labute approximate surface area is 341 Å². The number of aldehydes is 1. The fourth-order valence-electron chi connectivity index (χ4n) is 5.31. The first kappa shape index (κ1) is 42.4. The van der Waals surface area contributed by atoms with Crippen molar-refractivity contribution in [1.29, 1.82) is 0 Å². The zero-order valence-corrected chi connectivity index (χ0v) is 32.2. The first-order valence-electron chi connectivity index (χ1n) is 17.4. The van der Waals surface area contributed by atoms with Crippen LogP contribution in [0.2, 0.25) is 10.0 Å². The van der Waals surface area contributed by atoms with Crippen molar-refractivity contribution in [2.45, 2.75) is 19.1 Å². The molecule has 0 amide bonds. The molecule has 0 fully saturated rings. The number of carbonyl (C=O) groups excluding carboxylic acids is 1. The predicted octanol–water partition coefficient (Wildman–Crippen LogP) is 11.3. The Balaban J connectivity index is 0.000000170. The molecule has 5 N–H and O–H groups in total. The van der Waals surface area contributed by atoms with E-state index in [9.17, 15) is 28.2 Å². The number of halogens is 5. The van der Waals surface area contributed by atoms with Crippen LogP contribution >= 0.6 is 23.2 Å². The van der Waals surface area contributed by atoms with E-state index < -0.39 is 11.7 Å². The molecular weight excluding hydrogens is 788 g/mol. The zero-order chi connectivity index (χ0) is 41.7. The zero-order valence-electron chi connectivity index (χ0n) is 30.6. The number of nitrogens with zero attached hydrogens (tertiary/aromatic N) is 4. The Kier molecular flexibility index (Phi) is 14.5. The van der Waals surface area contributed by atoms with E-state index in [1.807, 2.05) is 67.6 Å². The van der Waals surface area contributed by atoms with Crippen LogP contribution in [0.5, 0.6) is 11.5 Å². The number of phenolic OH excluding ortho intramolecular Hbond substituents is 2. The number of nitrogen functional groups attached to an aromatic ring is 1. The Morgan fingerprint density at radius 3 is 1.84 bits per heavy atom. The Hall–Kier alpha value is -6.76. The third kappa shape index (κ3) is 11.9. The highest BCUT2D eigenvalue weighted by Crippen LogP contribution is 2.36. The minimum Gasteiger partial charge on any atom is -0.506 e. The van der Waals surface area contributed by atoms with Crippen LogP contribution in [0.4, 0.5) is 24.8 Å². The van der Waals surface area contributed by atoms with Gasteiger partial charge in [-0.05, 0) is 67.1 Å². The normalized spacial score (nSPS) is 11.1. The number of rotatable bonds is 5. The molecule has 1 unspecified atom stereocenters. The van der Waals surface area contributed by atoms with Crippen molar-refractivity contribution >= 4 is 62.9 Å². The van der Waals surface area contributed by atoms with Crippen LogP contribution in [0.15, 0.2) is 152 Å². The number of benzene rings is 4. The predicted molar refractivity (Wildman–Crippen MR) is 223 cm³/mol. The number of alkyl halides is 3. The Bertz CT molecular complexity index is 2540. The Morgan fingerprint density at radius 1 is 0.690 bits per heavy atom. The SMILES string of the molecule is Cc1ccc(C(Nc2ccc(Cl)cn2)c2ccc3cccnc3c2O)cc1.Nc1ccc(Cl)cn1.O=Cc1ccc(C(F)(F)F)cc1.Oc1cccc2cccnc12. The Morgan fingerprint density at radius 2 is 1.29 bits per heavy atom. The smallest absolute Gasteiger partial charge is 0.416 e. The largest absolute Gasteiger partial charge is 0.506 e. The second-order valence-corrected chi connectivity index (χ2v) is 13.3. The maximum atomic E-state index is 11.9. The van der Waals surface area contributed by atoms with E-state index in [4.69, 9.17) is 28.9 Å².